The molecule has 1 amide bonds. The molecule has 1 saturated heterocycles. The minimum absolute atomic E-state index is 0.00658. The topological polar surface area (TPSA) is 121 Å². The van der Waals surface area contributed by atoms with Crippen molar-refractivity contribution in [1.29, 1.82) is 0 Å². The van der Waals surface area contributed by atoms with Crippen LogP contribution in [-0.2, 0) is 6.54 Å². The van der Waals surface area contributed by atoms with Crippen LogP contribution in [-0.4, -0.2) is 82.0 Å². The van der Waals surface area contributed by atoms with Crippen LogP contribution < -0.4 is 20.4 Å². The van der Waals surface area contributed by atoms with Gasteiger partial charge < -0.3 is 19.9 Å². The van der Waals surface area contributed by atoms with Crippen molar-refractivity contribution in [3.8, 4) is 5.75 Å². The van der Waals surface area contributed by atoms with Crippen molar-refractivity contribution in [3.05, 3.63) is 42.2 Å². The number of anilines is 3. The van der Waals surface area contributed by atoms with Gasteiger partial charge in [0, 0.05) is 48.8 Å². The molecule has 4 aromatic rings. The Morgan fingerprint density at radius 1 is 1.15 bits per heavy atom. The minimum atomic E-state index is -4.93. The fourth-order valence-electron chi connectivity index (χ4n) is 4.49. The Morgan fingerprint density at radius 2 is 1.92 bits per heavy atom. The lowest BCUT2D eigenvalue weighted by atomic mass is 10.1. The van der Waals surface area contributed by atoms with Crippen molar-refractivity contribution >= 4 is 45.0 Å². The number of fused-ring (bicyclic) bond motifs is 3. The van der Waals surface area contributed by atoms with Crippen molar-refractivity contribution in [2.24, 2.45) is 0 Å². The van der Waals surface area contributed by atoms with Crippen LogP contribution in [0, 0.1) is 0 Å². The summed E-state index contributed by atoms with van der Waals surface area (Å²) in [7, 11) is 2.00. The number of aryl methyl sites for hydroxylation is 1. The number of nitrogens with one attached hydrogen (secondary N) is 2. The van der Waals surface area contributed by atoms with Crippen LogP contribution in [0.25, 0.3) is 21.8 Å². The van der Waals surface area contributed by atoms with E-state index in [0.29, 0.717) is 35.1 Å². The summed E-state index contributed by atoms with van der Waals surface area (Å²) < 4.78 is 58.3. The zero-order chi connectivity index (χ0) is 27.7. The van der Waals surface area contributed by atoms with E-state index in [9.17, 15) is 22.4 Å². The number of ether oxygens (including phenoxy) is 1. The van der Waals surface area contributed by atoms with Gasteiger partial charge in [-0.3, -0.25) is 14.7 Å². The maximum absolute atomic E-state index is 13.3. The first-order valence-electron chi connectivity index (χ1n) is 11.9. The number of halogens is 4. The third kappa shape index (κ3) is 5.49. The van der Waals surface area contributed by atoms with Crippen LogP contribution in [0.2, 0.25) is 0 Å². The molecule has 0 spiro atoms. The maximum Gasteiger partial charge on any atom is 0.573 e. The molecule has 15 heteroatoms. The first-order chi connectivity index (χ1) is 18.7. The second kappa shape index (κ2) is 10.5. The Morgan fingerprint density at radius 3 is 2.62 bits per heavy atom. The van der Waals surface area contributed by atoms with Gasteiger partial charge in [0.05, 0.1) is 17.7 Å². The molecular weight excluding hydrogens is 524 g/mol. The van der Waals surface area contributed by atoms with Gasteiger partial charge in [-0.2, -0.15) is 5.10 Å². The summed E-state index contributed by atoms with van der Waals surface area (Å²) in [5.41, 5.74) is 2.64. The fourth-order valence-corrected chi connectivity index (χ4v) is 4.49. The Balaban J connectivity index is 1.58. The van der Waals surface area contributed by atoms with Gasteiger partial charge >= 0.3 is 6.36 Å². The highest BCUT2D eigenvalue weighted by Crippen LogP contribution is 2.36. The summed E-state index contributed by atoms with van der Waals surface area (Å²) in [5, 5.41) is 16.8. The van der Waals surface area contributed by atoms with E-state index >= 15 is 0 Å². The van der Waals surface area contributed by atoms with Crippen molar-refractivity contribution in [1.82, 2.24) is 30.1 Å². The lowest BCUT2D eigenvalue weighted by Crippen LogP contribution is -2.44. The predicted molar refractivity (Wildman–Crippen MR) is 134 cm³/mol. The van der Waals surface area contributed by atoms with Gasteiger partial charge in [0.25, 0.3) is 5.91 Å². The number of rotatable bonds is 7. The number of piperazine rings is 1. The number of hydrogen-bond acceptors (Lipinski definition) is 9. The Hall–Kier alpha value is -4.24. The van der Waals surface area contributed by atoms with Gasteiger partial charge in [-0.25, -0.2) is 19.8 Å². The highest BCUT2D eigenvalue weighted by Gasteiger charge is 2.32. The summed E-state index contributed by atoms with van der Waals surface area (Å²) in [5.74, 6) is -1.41. The molecule has 0 saturated carbocycles. The summed E-state index contributed by atoms with van der Waals surface area (Å²) in [4.78, 5) is 25.0. The van der Waals surface area contributed by atoms with E-state index in [1.807, 2.05) is 7.05 Å². The third-order valence-corrected chi connectivity index (χ3v) is 6.38. The van der Waals surface area contributed by atoms with Gasteiger partial charge in [-0.05, 0) is 31.3 Å². The molecule has 0 unspecified atom stereocenters. The van der Waals surface area contributed by atoms with Gasteiger partial charge in [0.1, 0.15) is 12.2 Å². The summed E-state index contributed by atoms with van der Waals surface area (Å²) in [6.07, 6.45) is -3.48. The van der Waals surface area contributed by atoms with Crippen LogP contribution in [0.3, 0.4) is 0 Å². The zero-order valence-electron chi connectivity index (χ0n) is 20.7. The minimum Gasteiger partial charge on any atom is -0.404 e. The lowest BCUT2D eigenvalue weighted by Gasteiger charge is -2.34. The average Bonchev–Trinajstić information content (AvgIpc) is 3.28. The molecule has 1 aliphatic rings. The van der Waals surface area contributed by atoms with Crippen molar-refractivity contribution in [2.45, 2.75) is 12.9 Å². The van der Waals surface area contributed by atoms with E-state index in [1.165, 1.54) is 28.5 Å². The molecule has 2 aromatic carbocycles. The second-order valence-electron chi connectivity index (χ2n) is 8.94. The van der Waals surface area contributed by atoms with Gasteiger partial charge in [-0.1, -0.05) is 6.07 Å². The first-order valence-corrected chi connectivity index (χ1v) is 11.9. The van der Waals surface area contributed by atoms with E-state index < -0.39 is 24.7 Å². The Bertz CT molecular complexity index is 1520. The number of nitrogens with zero attached hydrogens (tertiary/aromatic N) is 6. The maximum atomic E-state index is 13.3. The molecule has 39 heavy (non-hydrogen) atoms. The number of likely N-dealkylation sites (N-methyl/N-ethyl adjacent to an activating group) is 1. The normalized spacial score (nSPS) is 14.7. The van der Waals surface area contributed by atoms with Crippen molar-refractivity contribution < 1.29 is 32.3 Å². The number of benzene rings is 2. The van der Waals surface area contributed by atoms with E-state index in [1.54, 1.807) is 18.2 Å². The number of carbonyl (C=O) groups is 1. The van der Waals surface area contributed by atoms with E-state index in [0.717, 1.165) is 13.1 Å². The molecule has 0 aliphatic carbocycles. The van der Waals surface area contributed by atoms with E-state index in [4.69, 9.17) is 5.21 Å². The number of aromatic nitrogens is 4. The first kappa shape index (κ1) is 26.4. The quantitative estimate of drug-likeness (QED) is 0.181. The molecule has 3 heterocycles. The summed E-state index contributed by atoms with van der Waals surface area (Å²) in [6.45, 7) is 2.01. The molecule has 1 aliphatic heterocycles. The number of hydroxylamine groups is 1. The summed E-state index contributed by atoms with van der Waals surface area (Å²) in [6, 6.07) is 7.51. The molecule has 0 bridgehead atoms. The molecule has 5 rings (SSSR count). The molecule has 0 atom stereocenters. The molecule has 1 fully saturated rings. The largest absolute Gasteiger partial charge is 0.573 e. The number of amides is 1. The van der Waals surface area contributed by atoms with E-state index in [2.05, 4.69) is 34.9 Å². The van der Waals surface area contributed by atoms with Crippen LogP contribution in [0.1, 0.15) is 10.5 Å². The number of hydrogen-bond donors (Lipinski definition) is 3. The summed E-state index contributed by atoms with van der Waals surface area (Å²) >= 11 is 0. The van der Waals surface area contributed by atoms with Crippen LogP contribution >= 0.6 is 0 Å². The lowest BCUT2D eigenvalue weighted by molar-refractivity contribution is -0.274. The molecule has 206 valence electrons. The van der Waals surface area contributed by atoms with Gasteiger partial charge in [0.2, 0.25) is 5.95 Å². The number of carbonyl (C=O) groups excluding carboxylic acids is 1. The van der Waals surface area contributed by atoms with Gasteiger partial charge in [-0.15, -0.1) is 13.2 Å². The molecule has 0 radical (unpaired) electrons. The molecular formula is C24H24F4N8O3. The highest BCUT2D eigenvalue weighted by molar-refractivity contribution is 6.11. The molecule has 11 nitrogen and oxygen atoms in total. The smallest absolute Gasteiger partial charge is 0.404 e. The SMILES string of the molecule is CN1CCN(c2ccc(OC(F)(F)F)c(Nc3ncc4ccc5c(C(=O)NO)nn(CCF)c5c4n3)c2)CC1. The van der Waals surface area contributed by atoms with Crippen LogP contribution in [0.4, 0.5) is 34.9 Å². The van der Waals surface area contributed by atoms with Crippen LogP contribution in [0.5, 0.6) is 5.75 Å². The van der Waals surface area contributed by atoms with Crippen molar-refractivity contribution in [2.75, 3.05) is 50.1 Å². The molecule has 3 N–H and O–H groups in total. The predicted octanol–water partition coefficient (Wildman–Crippen LogP) is 3.46. The van der Waals surface area contributed by atoms with Crippen molar-refractivity contribution in [3.63, 3.8) is 0 Å². The number of alkyl halides is 4. The Kier molecular flexibility index (Phi) is 7.10. The Labute approximate surface area is 218 Å². The third-order valence-electron chi connectivity index (χ3n) is 6.38. The highest BCUT2D eigenvalue weighted by atomic mass is 19.4. The van der Waals surface area contributed by atoms with Crippen LogP contribution in [0.15, 0.2) is 36.5 Å². The fraction of sp³-hybridized carbons (Fsp3) is 0.333. The molecule has 2 aromatic heterocycles. The zero-order valence-corrected chi connectivity index (χ0v) is 20.7. The standard InChI is InChI=1S/C24H24F4N8O3/c1-34-8-10-35(11-9-34)15-3-5-18(39-24(26,27)28)17(12-15)30-23-29-13-14-2-4-16-20(22(37)33-38)32-36(7-6-25)21(16)19(14)31-23/h2-5,12-13,38H,6-11H2,1H3,(H,33,37)(H,29,30,31). The second-order valence-corrected chi connectivity index (χ2v) is 8.94. The van der Waals surface area contributed by atoms with E-state index in [-0.39, 0.29) is 29.4 Å². The average molecular weight is 549 g/mol. The van der Waals surface area contributed by atoms with Gasteiger partial charge in [0.15, 0.2) is 11.4 Å². The monoisotopic (exact) mass is 548 g/mol.